The van der Waals surface area contributed by atoms with E-state index in [1.807, 2.05) is 49.3 Å². The lowest BCUT2D eigenvalue weighted by molar-refractivity contribution is -0.172. The van der Waals surface area contributed by atoms with Crippen LogP contribution in [0.15, 0.2) is 57.9 Å². The Bertz CT molecular complexity index is 2450. The van der Waals surface area contributed by atoms with Crippen molar-refractivity contribution in [1.82, 2.24) is 10.2 Å². The first-order chi connectivity index (χ1) is 32.9. The summed E-state index contributed by atoms with van der Waals surface area (Å²) < 4.78 is 41.5. The van der Waals surface area contributed by atoms with Gasteiger partial charge in [0, 0.05) is 120 Å². The van der Waals surface area contributed by atoms with Crippen LogP contribution in [0.2, 0.25) is 0 Å². The Kier molecular flexibility index (Phi) is 21.2. The molecular weight excluding hydrogens is 899 g/mol. The van der Waals surface area contributed by atoms with Crippen molar-refractivity contribution in [3.05, 3.63) is 59.5 Å². The molecule has 4 rings (SSSR count). The molecule has 2 aliphatic rings. The second-order valence-electron chi connectivity index (χ2n) is 16.0. The first-order valence-corrected chi connectivity index (χ1v) is 22.4. The van der Waals surface area contributed by atoms with E-state index >= 15 is 0 Å². The second kappa shape index (κ2) is 26.9. The summed E-state index contributed by atoms with van der Waals surface area (Å²) in [6, 6.07) is 15.0. The molecule has 374 valence electrons. The van der Waals surface area contributed by atoms with E-state index in [0.717, 1.165) is 75.6 Å². The van der Waals surface area contributed by atoms with Gasteiger partial charge >= 0.3 is 35.8 Å². The lowest BCUT2D eigenvalue weighted by Gasteiger charge is -2.28. The molecule has 0 radical (unpaired) electrons. The Balaban J connectivity index is 1.42. The molecule has 0 fully saturated rings. The molecule has 0 aromatic heterocycles. The first kappa shape index (κ1) is 54.4. The summed E-state index contributed by atoms with van der Waals surface area (Å²) in [6.45, 7) is 5.48. The number of nitrogens with zero attached hydrogens (tertiary/aromatic N) is 4. The number of anilines is 2. The number of esters is 6. The van der Waals surface area contributed by atoms with Gasteiger partial charge in [-0.15, -0.1) is 0 Å². The van der Waals surface area contributed by atoms with E-state index < -0.39 is 75.3 Å². The zero-order chi connectivity index (χ0) is 50.6. The highest BCUT2D eigenvalue weighted by atomic mass is 16.7. The summed E-state index contributed by atoms with van der Waals surface area (Å²) in [5, 5.41) is 4.65. The lowest BCUT2D eigenvalue weighted by atomic mass is 9.91. The van der Waals surface area contributed by atoms with Crippen molar-refractivity contribution in [3.63, 3.8) is 0 Å². The molecule has 1 aliphatic carbocycles. The van der Waals surface area contributed by atoms with Crippen LogP contribution in [0.5, 0.6) is 5.75 Å². The van der Waals surface area contributed by atoms with Crippen molar-refractivity contribution >= 4 is 64.1 Å². The Hall–Kier alpha value is -7.22. The first-order valence-electron chi connectivity index (χ1n) is 22.4. The monoisotopic (exact) mass is 961 g/mol. The number of ether oxygens (including phenoxy) is 7. The molecule has 69 heavy (non-hydrogen) atoms. The third-order valence-electron chi connectivity index (χ3n) is 10.8. The van der Waals surface area contributed by atoms with Gasteiger partial charge in [0.2, 0.25) is 26.3 Å². The van der Waals surface area contributed by atoms with Gasteiger partial charge in [0.25, 0.3) is 0 Å². The average molecular weight is 962 g/mol. The number of fused-ring (bicyclic) bond motifs is 2. The maximum absolute atomic E-state index is 13.3. The minimum atomic E-state index is -1.28. The fourth-order valence-corrected chi connectivity index (χ4v) is 7.39. The van der Waals surface area contributed by atoms with Crippen molar-refractivity contribution in [2.24, 2.45) is 4.99 Å². The minimum Gasteiger partial charge on any atom is -0.496 e. The fourth-order valence-electron chi connectivity index (χ4n) is 7.39. The number of amides is 1. The number of nitrogens with one attached hydrogen (secondary N) is 1. The maximum Gasteiger partial charge on any atom is 0.326 e. The van der Waals surface area contributed by atoms with Gasteiger partial charge in [-0.1, -0.05) is 0 Å². The van der Waals surface area contributed by atoms with E-state index in [2.05, 4.69) is 56.7 Å². The Morgan fingerprint density at radius 2 is 1.39 bits per heavy atom. The maximum atomic E-state index is 13.3. The molecule has 0 spiro atoms. The smallest absolute Gasteiger partial charge is 0.326 e. The van der Waals surface area contributed by atoms with Crippen LogP contribution in [-0.4, -0.2) is 134 Å². The molecule has 2 aromatic carbocycles. The number of benzene rings is 3. The molecule has 1 amide bonds. The van der Waals surface area contributed by atoms with Crippen molar-refractivity contribution in [2.45, 2.75) is 72.8 Å². The number of carbonyl (C=O) groups excluding carboxylic acids is 7. The van der Waals surface area contributed by atoms with Gasteiger partial charge in [-0.05, 0) is 75.4 Å². The number of rotatable bonds is 26. The van der Waals surface area contributed by atoms with Gasteiger partial charge in [-0.3, -0.25) is 43.5 Å². The molecule has 1 heterocycles. The van der Waals surface area contributed by atoms with Crippen LogP contribution in [0.3, 0.4) is 0 Å². The summed E-state index contributed by atoms with van der Waals surface area (Å²) in [5.41, 5.74) is 6.53. The van der Waals surface area contributed by atoms with Crippen LogP contribution in [-0.2, 0) is 62.0 Å². The summed E-state index contributed by atoms with van der Waals surface area (Å²) in [6.07, 6.45) is 1.48. The molecule has 0 saturated carbocycles. The number of carbonyl (C=O) groups is 7. The Labute approximate surface area is 401 Å². The van der Waals surface area contributed by atoms with Gasteiger partial charge < -0.3 is 52.7 Å². The van der Waals surface area contributed by atoms with Gasteiger partial charge in [-0.2, -0.15) is 0 Å². The fraction of sp³-hybridized carbons (Fsp3) is 0.469. The molecule has 0 saturated heterocycles. The molecule has 2 aromatic rings. The molecular formula is C49H63N5O15. The van der Waals surface area contributed by atoms with Crippen LogP contribution in [0, 0.1) is 6.92 Å². The van der Waals surface area contributed by atoms with E-state index in [0.29, 0.717) is 43.9 Å². The SMILES string of the molecule is CCN(CCCC(=O)NCCCCC(C(=O)OCOC(C)=O)N(CC(=O)OCOC(C)=O)CC(=O)OCOC(C)=O)c1cc(OC)c(-c2c3cc/c(=N\C)cc-3oc3cc(N(C)C)ccc23)cc1C. The average Bonchev–Trinajstić information content (AvgIpc) is 3.29. The number of methoxy groups -OCH3 is 1. The number of hydrogen-bond donors (Lipinski definition) is 1. The molecule has 1 unspecified atom stereocenters. The molecule has 0 bridgehead atoms. The van der Waals surface area contributed by atoms with Crippen LogP contribution in [0.4, 0.5) is 11.4 Å². The van der Waals surface area contributed by atoms with Crippen LogP contribution < -0.4 is 25.2 Å². The zero-order valence-electron chi connectivity index (χ0n) is 40.8. The second-order valence-corrected chi connectivity index (χ2v) is 16.0. The summed E-state index contributed by atoms with van der Waals surface area (Å²) in [7, 11) is 7.36. The molecule has 1 atom stereocenters. The lowest BCUT2D eigenvalue weighted by Crippen LogP contribution is -2.48. The normalized spacial score (nSPS) is 11.7. The Morgan fingerprint density at radius 3 is 1.97 bits per heavy atom. The molecule has 20 nitrogen and oxygen atoms in total. The summed E-state index contributed by atoms with van der Waals surface area (Å²) in [5.74, 6) is -3.79. The van der Waals surface area contributed by atoms with Gasteiger partial charge in [0.1, 0.15) is 23.1 Å². The van der Waals surface area contributed by atoms with Crippen molar-refractivity contribution in [1.29, 1.82) is 0 Å². The quantitative estimate of drug-likeness (QED) is 0.0291. The van der Waals surface area contributed by atoms with E-state index in [4.69, 9.17) is 28.1 Å². The van der Waals surface area contributed by atoms with Crippen LogP contribution in [0.25, 0.3) is 33.4 Å². The predicted octanol–water partition coefficient (Wildman–Crippen LogP) is 4.87. The van der Waals surface area contributed by atoms with E-state index in [1.165, 1.54) is 0 Å². The van der Waals surface area contributed by atoms with Gasteiger partial charge in [-0.25, -0.2) is 0 Å². The summed E-state index contributed by atoms with van der Waals surface area (Å²) in [4.78, 5) is 95.1. The highest BCUT2D eigenvalue weighted by Crippen LogP contribution is 2.46. The van der Waals surface area contributed by atoms with Crippen LogP contribution >= 0.6 is 0 Å². The van der Waals surface area contributed by atoms with Gasteiger partial charge in [0.05, 0.1) is 25.6 Å². The Morgan fingerprint density at radius 1 is 0.754 bits per heavy atom. The third-order valence-corrected chi connectivity index (χ3v) is 10.8. The highest BCUT2D eigenvalue weighted by molar-refractivity contribution is 6.04. The molecule has 1 N–H and O–H groups in total. The standard InChI is InChI=1S/C49H63N5O15/c1-10-53(41-25-42(62-9)39(22-31(41)2)48-37-18-16-35(50-6)23-43(37)69-44-24-36(52(7)8)17-19-38(44)48)21-13-15-45(58)51-20-12-11-14-40(49(61)68-30-65-34(5)57)54(26-46(59)66-28-63-32(3)55)27-47(60)67-29-64-33(4)56/h16-19,22-25,40H,10-15,20-21,26-30H2,1-9H3,(H,51,58)/b50-35+. The number of hydrogen-bond acceptors (Lipinski definition) is 19. The zero-order valence-corrected chi connectivity index (χ0v) is 40.8. The highest BCUT2D eigenvalue weighted by Gasteiger charge is 2.32. The third kappa shape index (κ3) is 16.5. The van der Waals surface area contributed by atoms with E-state index in [1.54, 1.807) is 14.2 Å². The summed E-state index contributed by atoms with van der Waals surface area (Å²) >= 11 is 0. The van der Waals surface area contributed by atoms with Crippen molar-refractivity contribution in [3.8, 4) is 28.2 Å². The molecule has 1 aliphatic heterocycles. The number of unbranched alkanes of at least 4 members (excludes halogenated alkanes) is 1. The van der Waals surface area contributed by atoms with E-state index in [-0.39, 0.29) is 25.3 Å². The number of aryl methyl sites for hydroxylation is 1. The minimum absolute atomic E-state index is 0.00966. The van der Waals surface area contributed by atoms with Crippen LogP contribution in [0.1, 0.15) is 65.4 Å². The van der Waals surface area contributed by atoms with Crippen molar-refractivity contribution in [2.75, 3.05) is 91.2 Å². The van der Waals surface area contributed by atoms with E-state index in [9.17, 15) is 33.6 Å². The molecule has 20 heteroatoms. The topological polar surface area (TPSA) is 231 Å². The predicted molar refractivity (Wildman–Crippen MR) is 253 cm³/mol. The largest absolute Gasteiger partial charge is 0.496 e. The van der Waals surface area contributed by atoms with Gasteiger partial charge in [0.15, 0.2) is 0 Å². The van der Waals surface area contributed by atoms with Crippen molar-refractivity contribution < 1.29 is 71.1 Å².